The van der Waals surface area contributed by atoms with E-state index in [9.17, 15) is 0 Å². The summed E-state index contributed by atoms with van der Waals surface area (Å²) < 4.78 is 0. The number of rotatable bonds is 5. The first kappa shape index (κ1) is 13.6. The zero-order valence-electron chi connectivity index (χ0n) is 11.6. The van der Waals surface area contributed by atoms with Crippen molar-refractivity contribution in [1.82, 2.24) is 4.98 Å². The van der Waals surface area contributed by atoms with E-state index in [-0.39, 0.29) is 6.04 Å². The smallest absolute Gasteiger partial charge is 0.0679 e. The van der Waals surface area contributed by atoms with Gasteiger partial charge in [-0.05, 0) is 37.1 Å². The standard InChI is InChI=1S/C16H21N3/c1-3-19(15-9-5-4-7-13(15)2)16(11-17)14-8-6-10-18-12-14/h4-10,12,16H,3,11,17H2,1-2H3. The maximum atomic E-state index is 6.00. The van der Waals surface area contributed by atoms with E-state index in [1.54, 1.807) is 6.20 Å². The van der Waals surface area contributed by atoms with E-state index in [2.05, 4.69) is 54.1 Å². The molecule has 0 aliphatic heterocycles. The van der Waals surface area contributed by atoms with Crippen LogP contribution >= 0.6 is 0 Å². The normalized spacial score (nSPS) is 12.2. The molecule has 1 aromatic carbocycles. The summed E-state index contributed by atoms with van der Waals surface area (Å²) in [5, 5.41) is 0. The van der Waals surface area contributed by atoms with Gasteiger partial charge in [0.1, 0.15) is 0 Å². The second-order valence-corrected chi connectivity index (χ2v) is 4.61. The van der Waals surface area contributed by atoms with Gasteiger partial charge in [-0.15, -0.1) is 0 Å². The largest absolute Gasteiger partial charge is 0.363 e. The Morgan fingerprint density at radius 1 is 1.21 bits per heavy atom. The number of aromatic nitrogens is 1. The van der Waals surface area contributed by atoms with Crippen LogP contribution in [0.15, 0.2) is 48.8 Å². The van der Waals surface area contributed by atoms with E-state index < -0.39 is 0 Å². The minimum absolute atomic E-state index is 0.166. The van der Waals surface area contributed by atoms with E-state index in [4.69, 9.17) is 5.73 Å². The summed E-state index contributed by atoms with van der Waals surface area (Å²) in [6, 6.07) is 12.6. The zero-order valence-corrected chi connectivity index (χ0v) is 11.6. The van der Waals surface area contributed by atoms with Crippen LogP contribution in [-0.4, -0.2) is 18.1 Å². The average Bonchev–Trinajstić information content (AvgIpc) is 2.46. The number of hydrogen-bond donors (Lipinski definition) is 1. The molecule has 1 heterocycles. The monoisotopic (exact) mass is 255 g/mol. The molecule has 3 nitrogen and oxygen atoms in total. The third-order valence-corrected chi connectivity index (χ3v) is 3.43. The Bertz CT molecular complexity index is 510. The lowest BCUT2D eigenvalue weighted by Gasteiger charge is -2.33. The highest BCUT2D eigenvalue weighted by atomic mass is 15.2. The number of likely N-dealkylation sites (N-methyl/N-ethyl adjacent to an activating group) is 1. The molecule has 2 N–H and O–H groups in total. The van der Waals surface area contributed by atoms with Gasteiger partial charge >= 0.3 is 0 Å². The fourth-order valence-corrected chi connectivity index (χ4v) is 2.46. The molecule has 2 rings (SSSR count). The van der Waals surface area contributed by atoms with Crippen molar-refractivity contribution in [2.75, 3.05) is 18.0 Å². The van der Waals surface area contributed by atoms with Crippen molar-refractivity contribution in [3.63, 3.8) is 0 Å². The Hall–Kier alpha value is -1.87. The molecule has 0 spiro atoms. The molecular formula is C16H21N3. The number of aryl methyl sites for hydroxylation is 1. The predicted octanol–water partition coefficient (Wildman–Crippen LogP) is 2.92. The fraction of sp³-hybridized carbons (Fsp3) is 0.312. The minimum Gasteiger partial charge on any atom is -0.363 e. The minimum atomic E-state index is 0.166. The first-order valence-corrected chi connectivity index (χ1v) is 6.70. The second kappa shape index (κ2) is 6.34. The molecule has 0 aliphatic carbocycles. The van der Waals surface area contributed by atoms with Crippen molar-refractivity contribution < 1.29 is 0 Å². The van der Waals surface area contributed by atoms with Crippen molar-refractivity contribution in [3.8, 4) is 0 Å². The van der Waals surface area contributed by atoms with Crippen LogP contribution in [0.4, 0.5) is 5.69 Å². The number of nitrogens with zero attached hydrogens (tertiary/aromatic N) is 2. The maximum Gasteiger partial charge on any atom is 0.0679 e. The Labute approximate surface area is 115 Å². The quantitative estimate of drug-likeness (QED) is 0.893. The summed E-state index contributed by atoms with van der Waals surface area (Å²) in [5.74, 6) is 0. The third-order valence-electron chi connectivity index (χ3n) is 3.43. The van der Waals surface area contributed by atoms with Crippen LogP contribution in [0.3, 0.4) is 0 Å². The molecule has 100 valence electrons. The zero-order chi connectivity index (χ0) is 13.7. The Morgan fingerprint density at radius 3 is 2.58 bits per heavy atom. The highest BCUT2D eigenvalue weighted by Gasteiger charge is 2.19. The molecule has 0 aliphatic rings. The topological polar surface area (TPSA) is 42.1 Å². The summed E-state index contributed by atoms with van der Waals surface area (Å²) in [4.78, 5) is 6.54. The van der Waals surface area contributed by atoms with E-state index in [1.165, 1.54) is 11.3 Å². The van der Waals surface area contributed by atoms with Gasteiger partial charge in [0, 0.05) is 31.2 Å². The van der Waals surface area contributed by atoms with Crippen LogP contribution < -0.4 is 10.6 Å². The van der Waals surface area contributed by atoms with Gasteiger partial charge in [-0.2, -0.15) is 0 Å². The second-order valence-electron chi connectivity index (χ2n) is 4.61. The number of benzene rings is 1. The summed E-state index contributed by atoms with van der Waals surface area (Å²) >= 11 is 0. The molecule has 1 atom stereocenters. The van der Waals surface area contributed by atoms with Gasteiger partial charge < -0.3 is 10.6 Å². The SMILES string of the molecule is CCN(c1ccccc1C)C(CN)c1cccnc1. The third kappa shape index (κ3) is 2.93. The summed E-state index contributed by atoms with van der Waals surface area (Å²) in [5.41, 5.74) is 9.67. The first-order chi connectivity index (χ1) is 9.27. The van der Waals surface area contributed by atoms with E-state index in [1.807, 2.05) is 12.3 Å². The van der Waals surface area contributed by atoms with Crippen LogP contribution in [0.2, 0.25) is 0 Å². The van der Waals surface area contributed by atoms with Crippen molar-refractivity contribution in [3.05, 3.63) is 59.9 Å². The molecule has 0 saturated carbocycles. The van der Waals surface area contributed by atoms with E-state index in [0.717, 1.165) is 12.1 Å². The van der Waals surface area contributed by atoms with Crippen LogP contribution in [0, 0.1) is 6.92 Å². The van der Waals surface area contributed by atoms with Crippen LogP contribution in [0.1, 0.15) is 24.1 Å². The van der Waals surface area contributed by atoms with Crippen LogP contribution in [0.5, 0.6) is 0 Å². The van der Waals surface area contributed by atoms with Gasteiger partial charge in [-0.1, -0.05) is 24.3 Å². The summed E-state index contributed by atoms with van der Waals surface area (Å²) in [7, 11) is 0. The van der Waals surface area contributed by atoms with Gasteiger partial charge in [-0.25, -0.2) is 0 Å². The highest BCUT2D eigenvalue weighted by Crippen LogP contribution is 2.28. The molecule has 2 aromatic rings. The average molecular weight is 255 g/mol. The summed E-state index contributed by atoms with van der Waals surface area (Å²) in [6.45, 7) is 5.79. The van der Waals surface area contributed by atoms with Crippen molar-refractivity contribution in [2.24, 2.45) is 5.73 Å². The van der Waals surface area contributed by atoms with E-state index >= 15 is 0 Å². The lowest BCUT2D eigenvalue weighted by Crippen LogP contribution is -2.34. The Morgan fingerprint density at radius 2 is 2.00 bits per heavy atom. The number of para-hydroxylation sites is 1. The lowest BCUT2D eigenvalue weighted by molar-refractivity contribution is 0.639. The molecule has 0 fully saturated rings. The van der Waals surface area contributed by atoms with Crippen molar-refractivity contribution in [2.45, 2.75) is 19.9 Å². The molecule has 0 amide bonds. The maximum absolute atomic E-state index is 6.00. The molecule has 0 bridgehead atoms. The van der Waals surface area contributed by atoms with Crippen LogP contribution in [0.25, 0.3) is 0 Å². The Kier molecular flexibility index (Phi) is 4.53. The van der Waals surface area contributed by atoms with Gasteiger partial charge in [0.15, 0.2) is 0 Å². The van der Waals surface area contributed by atoms with Gasteiger partial charge in [0.25, 0.3) is 0 Å². The van der Waals surface area contributed by atoms with Crippen LogP contribution in [-0.2, 0) is 0 Å². The molecular weight excluding hydrogens is 234 g/mol. The number of nitrogens with two attached hydrogens (primary N) is 1. The first-order valence-electron chi connectivity index (χ1n) is 6.70. The predicted molar refractivity (Wildman–Crippen MR) is 80.2 cm³/mol. The molecule has 0 saturated heterocycles. The molecule has 0 radical (unpaired) electrons. The molecule has 1 aromatic heterocycles. The Balaban J connectivity index is 2.38. The highest BCUT2D eigenvalue weighted by molar-refractivity contribution is 5.54. The summed E-state index contributed by atoms with van der Waals surface area (Å²) in [6.07, 6.45) is 3.69. The number of anilines is 1. The van der Waals surface area contributed by atoms with E-state index in [0.29, 0.717) is 6.54 Å². The van der Waals surface area contributed by atoms with Gasteiger partial charge in [0.05, 0.1) is 6.04 Å². The van der Waals surface area contributed by atoms with Gasteiger partial charge in [-0.3, -0.25) is 4.98 Å². The van der Waals surface area contributed by atoms with Gasteiger partial charge in [0.2, 0.25) is 0 Å². The molecule has 19 heavy (non-hydrogen) atoms. The molecule has 1 unspecified atom stereocenters. The fourth-order valence-electron chi connectivity index (χ4n) is 2.46. The lowest BCUT2D eigenvalue weighted by atomic mass is 10.0. The number of pyridine rings is 1. The molecule has 3 heteroatoms. The number of hydrogen-bond acceptors (Lipinski definition) is 3. The van der Waals surface area contributed by atoms with Crippen molar-refractivity contribution >= 4 is 5.69 Å². The van der Waals surface area contributed by atoms with Crippen molar-refractivity contribution in [1.29, 1.82) is 0 Å².